The van der Waals surface area contributed by atoms with E-state index in [2.05, 4.69) is 4.74 Å². The molecule has 0 saturated carbocycles. The molecule has 0 unspecified atom stereocenters. The fourth-order valence-corrected chi connectivity index (χ4v) is 1.22. The second-order valence-corrected chi connectivity index (χ2v) is 3.56. The minimum absolute atomic E-state index is 0.0453. The number of ether oxygens (including phenoxy) is 2. The smallest absolute Gasteiger partial charge is 0.374 e. The number of ketones is 1. The Bertz CT molecular complexity index is 424. The van der Waals surface area contributed by atoms with Crippen LogP contribution in [-0.2, 0) is 30.5 Å². The Morgan fingerprint density at radius 2 is 1.72 bits per heavy atom. The fourth-order valence-electron chi connectivity index (χ4n) is 1.22. The van der Waals surface area contributed by atoms with E-state index in [4.69, 9.17) is 4.74 Å². The van der Waals surface area contributed by atoms with Crippen molar-refractivity contribution in [2.45, 2.75) is 19.4 Å². The van der Waals surface area contributed by atoms with Gasteiger partial charge in [0.1, 0.15) is 6.61 Å². The summed E-state index contributed by atoms with van der Waals surface area (Å²) in [7, 11) is 1.22. The number of carbonyl (C=O) groups is 3. The van der Waals surface area contributed by atoms with Gasteiger partial charge in [0.15, 0.2) is 0 Å². The largest absolute Gasteiger partial charge is 0.469 e. The van der Waals surface area contributed by atoms with E-state index in [1.807, 2.05) is 18.2 Å². The Morgan fingerprint density at radius 3 is 2.33 bits per heavy atom. The Balaban J connectivity index is 2.32. The quantitative estimate of drug-likeness (QED) is 0.561. The molecule has 0 bridgehead atoms. The van der Waals surface area contributed by atoms with Gasteiger partial charge in [-0.25, -0.2) is 4.79 Å². The number of rotatable bonds is 6. The number of benzene rings is 1. The predicted molar refractivity (Wildman–Crippen MR) is 62.5 cm³/mol. The van der Waals surface area contributed by atoms with Gasteiger partial charge in [-0.2, -0.15) is 0 Å². The molecular weight excluding hydrogens is 236 g/mol. The molecule has 0 radical (unpaired) electrons. The van der Waals surface area contributed by atoms with Crippen LogP contribution < -0.4 is 0 Å². The molecule has 0 aliphatic carbocycles. The third kappa shape index (κ3) is 4.78. The molecule has 0 spiro atoms. The highest BCUT2D eigenvalue weighted by Crippen LogP contribution is 2.02. The van der Waals surface area contributed by atoms with Crippen LogP contribution in [0.25, 0.3) is 0 Å². The summed E-state index contributed by atoms with van der Waals surface area (Å²) >= 11 is 0. The molecule has 0 aliphatic rings. The SMILES string of the molecule is COC(=O)CCC(=O)C(=O)OCc1ccccc1. The number of hydrogen-bond acceptors (Lipinski definition) is 5. The van der Waals surface area contributed by atoms with Crippen molar-refractivity contribution in [2.75, 3.05) is 7.11 Å². The van der Waals surface area contributed by atoms with Crippen LogP contribution in [0.3, 0.4) is 0 Å². The first-order chi connectivity index (χ1) is 8.63. The number of carbonyl (C=O) groups excluding carboxylic acids is 3. The van der Waals surface area contributed by atoms with Crippen LogP contribution in [0.2, 0.25) is 0 Å². The van der Waals surface area contributed by atoms with Crippen molar-refractivity contribution in [1.82, 2.24) is 0 Å². The Labute approximate surface area is 105 Å². The Hall–Kier alpha value is -2.17. The molecule has 0 N–H and O–H groups in total. The summed E-state index contributed by atoms with van der Waals surface area (Å²) in [6.45, 7) is 0.0453. The van der Waals surface area contributed by atoms with Gasteiger partial charge < -0.3 is 9.47 Å². The molecule has 0 heterocycles. The first-order valence-electron chi connectivity index (χ1n) is 5.44. The molecule has 0 amide bonds. The molecule has 0 aliphatic heterocycles. The van der Waals surface area contributed by atoms with Gasteiger partial charge in [-0.1, -0.05) is 30.3 Å². The monoisotopic (exact) mass is 250 g/mol. The Morgan fingerprint density at radius 1 is 1.06 bits per heavy atom. The van der Waals surface area contributed by atoms with Gasteiger partial charge in [-0.3, -0.25) is 9.59 Å². The maximum atomic E-state index is 11.3. The topological polar surface area (TPSA) is 69.7 Å². The molecule has 0 atom stereocenters. The van der Waals surface area contributed by atoms with E-state index < -0.39 is 17.7 Å². The third-order valence-corrected chi connectivity index (χ3v) is 2.22. The minimum atomic E-state index is -0.928. The highest BCUT2D eigenvalue weighted by Gasteiger charge is 2.17. The summed E-state index contributed by atoms with van der Waals surface area (Å²) in [5.41, 5.74) is 0.798. The van der Waals surface area contributed by atoms with Crippen molar-refractivity contribution in [3.05, 3.63) is 35.9 Å². The van der Waals surface area contributed by atoms with Crippen LogP contribution in [0.4, 0.5) is 0 Å². The lowest BCUT2D eigenvalue weighted by Gasteiger charge is -2.03. The zero-order valence-electron chi connectivity index (χ0n) is 10.0. The second kappa shape index (κ2) is 7.21. The van der Waals surface area contributed by atoms with Crippen molar-refractivity contribution in [3.8, 4) is 0 Å². The zero-order valence-corrected chi connectivity index (χ0v) is 10.0. The fraction of sp³-hybridized carbons (Fsp3) is 0.308. The molecule has 1 aromatic rings. The molecule has 0 saturated heterocycles. The maximum absolute atomic E-state index is 11.3. The standard InChI is InChI=1S/C13H14O5/c1-17-12(15)8-7-11(14)13(16)18-9-10-5-3-2-4-6-10/h2-6H,7-9H2,1H3. The van der Waals surface area contributed by atoms with E-state index in [1.165, 1.54) is 7.11 Å². The molecule has 5 heteroatoms. The van der Waals surface area contributed by atoms with Crippen LogP contribution in [0, 0.1) is 0 Å². The minimum Gasteiger partial charge on any atom is -0.469 e. The number of hydrogen-bond donors (Lipinski definition) is 0. The van der Waals surface area contributed by atoms with E-state index in [0.717, 1.165) is 5.56 Å². The predicted octanol–water partition coefficient (Wildman–Crippen LogP) is 1.25. The van der Waals surface area contributed by atoms with Gasteiger partial charge >= 0.3 is 11.9 Å². The van der Waals surface area contributed by atoms with Crippen molar-refractivity contribution in [3.63, 3.8) is 0 Å². The summed E-state index contributed by atoms with van der Waals surface area (Å²) in [6.07, 6.45) is -0.309. The lowest BCUT2D eigenvalue weighted by atomic mass is 10.2. The van der Waals surface area contributed by atoms with Gasteiger partial charge in [0.05, 0.1) is 13.5 Å². The molecule has 0 aromatic heterocycles. The third-order valence-electron chi connectivity index (χ3n) is 2.22. The summed E-state index contributed by atoms with van der Waals surface area (Å²) < 4.78 is 9.18. The van der Waals surface area contributed by atoms with E-state index in [1.54, 1.807) is 12.1 Å². The van der Waals surface area contributed by atoms with Crippen LogP contribution in [0.15, 0.2) is 30.3 Å². The zero-order chi connectivity index (χ0) is 13.4. The second-order valence-electron chi connectivity index (χ2n) is 3.56. The average Bonchev–Trinajstić information content (AvgIpc) is 2.42. The van der Waals surface area contributed by atoms with Crippen molar-refractivity contribution >= 4 is 17.7 Å². The van der Waals surface area contributed by atoms with E-state index in [9.17, 15) is 14.4 Å². The first-order valence-corrected chi connectivity index (χ1v) is 5.44. The van der Waals surface area contributed by atoms with Crippen molar-refractivity contribution < 1.29 is 23.9 Å². The van der Waals surface area contributed by atoms with Gasteiger partial charge in [0.25, 0.3) is 0 Å². The summed E-state index contributed by atoms with van der Waals surface area (Å²) in [4.78, 5) is 33.4. The maximum Gasteiger partial charge on any atom is 0.374 e. The molecule has 0 fully saturated rings. The van der Waals surface area contributed by atoms with Crippen LogP contribution in [-0.4, -0.2) is 24.8 Å². The summed E-state index contributed by atoms with van der Waals surface area (Å²) in [5.74, 6) is -2.18. The van der Waals surface area contributed by atoms with Crippen LogP contribution in [0.5, 0.6) is 0 Å². The van der Waals surface area contributed by atoms with Gasteiger partial charge in [0.2, 0.25) is 5.78 Å². The van der Waals surface area contributed by atoms with Gasteiger partial charge in [-0.15, -0.1) is 0 Å². The van der Waals surface area contributed by atoms with E-state index >= 15 is 0 Å². The number of methoxy groups -OCH3 is 1. The molecule has 1 aromatic carbocycles. The lowest BCUT2D eigenvalue weighted by Crippen LogP contribution is -2.18. The number of esters is 2. The van der Waals surface area contributed by atoms with Gasteiger partial charge in [0, 0.05) is 6.42 Å². The average molecular weight is 250 g/mol. The molecule has 18 heavy (non-hydrogen) atoms. The highest BCUT2D eigenvalue weighted by molar-refractivity contribution is 6.33. The van der Waals surface area contributed by atoms with Crippen LogP contribution >= 0.6 is 0 Å². The van der Waals surface area contributed by atoms with E-state index in [0.29, 0.717) is 0 Å². The lowest BCUT2D eigenvalue weighted by molar-refractivity contribution is -0.155. The molecular formula is C13H14O5. The van der Waals surface area contributed by atoms with E-state index in [-0.39, 0.29) is 19.4 Å². The number of Topliss-reactive ketones (excluding diaryl/α,β-unsaturated/α-hetero) is 1. The normalized spacial score (nSPS) is 9.61. The van der Waals surface area contributed by atoms with Crippen molar-refractivity contribution in [1.29, 1.82) is 0 Å². The summed E-state index contributed by atoms with van der Waals surface area (Å²) in [5, 5.41) is 0. The molecule has 96 valence electrons. The molecule has 1 rings (SSSR count). The highest BCUT2D eigenvalue weighted by atomic mass is 16.5. The molecule has 5 nitrogen and oxygen atoms in total. The summed E-state index contributed by atoms with van der Waals surface area (Å²) in [6, 6.07) is 9.02. The van der Waals surface area contributed by atoms with Crippen molar-refractivity contribution in [2.24, 2.45) is 0 Å². The Kier molecular flexibility index (Phi) is 5.57. The van der Waals surface area contributed by atoms with Gasteiger partial charge in [-0.05, 0) is 5.56 Å². The van der Waals surface area contributed by atoms with Crippen LogP contribution in [0.1, 0.15) is 18.4 Å². The first kappa shape index (κ1) is 13.9.